The summed E-state index contributed by atoms with van der Waals surface area (Å²) in [5.74, 6) is 0.594. The van der Waals surface area contributed by atoms with Crippen molar-refractivity contribution in [2.75, 3.05) is 24.3 Å². The van der Waals surface area contributed by atoms with E-state index >= 15 is 0 Å². The van der Waals surface area contributed by atoms with E-state index in [1.807, 2.05) is 13.8 Å². The first-order valence-corrected chi connectivity index (χ1v) is 11.1. The zero-order valence-electron chi connectivity index (χ0n) is 16.5. The van der Waals surface area contributed by atoms with Crippen molar-refractivity contribution in [1.29, 1.82) is 0 Å². The summed E-state index contributed by atoms with van der Waals surface area (Å²) in [5.41, 5.74) is 0.621. The second kappa shape index (κ2) is 10.1. The van der Waals surface area contributed by atoms with Gasteiger partial charge in [-0.1, -0.05) is 32.9 Å². The SMILES string of the molecule is CCCOc1ccc(NC(=O)c2ccccc2S(=O)(=O)CC)cc1OCCC. The minimum atomic E-state index is -3.51. The molecule has 0 aliphatic heterocycles. The third kappa shape index (κ3) is 5.48. The van der Waals surface area contributed by atoms with Crippen LogP contribution in [0.4, 0.5) is 5.69 Å². The summed E-state index contributed by atoms with van der Waals surface area (Å²) in [6.45, 7) is 6.66. The molecule has 0 aromatic heterocycles. The van der Waals surface area contributed by atoms with Crippen molar-refractivity contribution in [2.45, 2.75) is 38.5 Å². The Morgan fingerprint density at radius 1 is 0.929 bits per heavy atom. The summed E-state index contributed by atoms with van der Waals surface area (Å²) in [6.07, 6.45) is 1.71. The molecular formula is C21H27NO5S. The van der Waals surface area contributed by atoms with Crippen LogP contribution < -0.4 is 14.8 Å². The topological polar surface area (TPSA) is 81.7 Å². The quantitative estimate of drug-likeness (QED) is 0.637. The average molecular weight is 406 g/mol. The Bertz CT molecular complexity index is 909. The van der Waals surface area contributed by atoms with E-state index in [-0.39, 0.29) is 16.2 Å². The van der Waals surface area contributed by atoms with Crippen LogP contribution in [0.2, 0.25) is 0 Å². The van der Waals surface area contributed by atoms with Gasteiger partial charge >= 0.3 is 0 Å². The van der Waals surface area contributed by atoms with Gasteiger partial charge in [0, 0.05) is 11.8 Å². The standard InChI is InChI=1S/C21H27NO5S/c1-4-13-26-18-12-11-16(15-19(18)27-14-5-2)22-21(23)17-9-7-8-10-20(17)28(24,25)6-3/h7-12,15H,4-6,13-14H2,1-3H3,(H,22,23). The van der Waals surface area contributed by atoms with E-state index in [9.17, 15) is 13.2 Å². The first-order chi connectivity index (χ1) is 13.4. The second-order valence-corrected chi connectivity index (χ2v) is 8.46. The first kappa shape index (κ1) is 21.8. The lowest BCUT2D eigenvalue weighted by molar-refractivity contribution is 0.102. The normalized spacial score (nSPS) is 11.1. The van der Waals surface area contributed by atoms with Crippen molar-refractivity contribution in [1.82, 2.24) is 0 Å². The van der Waals surface area contributed by atoms with Gasteiger partial charge < -0.3 is 14.8 Å². The molecule has 0 unspecified atom stereocenters. The minimum absolute atomic E-state index is 0.0281. The van der Waals surface area contributed by atoms with Gasteiger partial charge in [-0.2, -0.15) is 0 Å². The van der Waals surface area contributed by atoms with E-state index in [0.29, 0.717) is 30.4 Å². The fraction of sp³-hybridized carbons (Fsp3) is 0.381. The lowest BCUT2D eigenvalue weighted by Gasteiger charge is -2.15. The molecule has 1 N–H and O–H groups in total. The van der Waals surface area contributed by atoms with Crippen molar-refractivity contribution in [3.8, 4) is 11.5 Å². The van der Waals surface area contributed by atoms with Crippen LogP contribution in [0.5, 0.6) is 11.5 Å². The van der Waals surface area contributed by atoms with Crippen molar-refractivity contribution >= 4 is 21.4 Å². The summed E-state index contributed by atoms with van der Waals surface area (Å²) in [5, 5.41) is 2.76. The predicted octanol–water partition coefficient (Wildman–Crippen LogP) is 4.31. The molecule has 0 fully saturated rings. The number of carbonyl (C=O) groups excluding carboxylic acids is 1. The molecule has 0 saturated heterocycles. The van der Waals surface area contributed by atoms with Crippen molar-refractivity contribution in [3.63, 3.8) is 0 Å². The van der Waals surface area contributed by atoms with E-state index < -0.39 is 15.7 Å². The maximum atomic E-state index is 12.7. The van der Waals surface area contributed by atoms with E-state index in [1.54, 1.807) is 37.3 Å². The van der Waals surface area contributed by atoms with Crippen molar-refractivity contribution in [2.24, 2.45) is 0 Å². The van der Waals surface area contributed by atoms with Crippen molar-refractivity contribution < 1.29 is 22.7 Å². The van der Waals surface area contributed by atoms with E-state index in [1.165, 1.54) is 12.1 Å². The molecule has 2 aromatic carbocycles. The summed E-state index contributed by atoms with van der Waals surface area (Å²) >= 11 is 0. The monoisotopic (exact) mass is 405 g/mol. The third-order valence-corrected chi connectivity index (χ3v) is 5.76. The largest absolute Gasteiger partial charge is 0.490 e. The number of hydrogen-bond donors (Lipinski definition) is 1. The fourth-order valence-corrected chi connectivity index (χ4v) is 3.61. The van der Waals surface area contributed by atoms with Gasteiger partial charge in [0.15, 0.2) is 21.3 Å². The number of ether oxygens (including phenoxy) is 2. The number of anilines is 1. The molecule has 2 aromatic rings. The van der Waals surface area contributed by atoms with Crippen LogP contribution in [-0.2, 0) is 9.84 Å². The van der Waals surface area contributed by atoms with E-state index in [0.717, 1.165) is 12.8 Å². The van der Waals surface area contributed by atoms with Crippen molar-refractivity contribution in [3.05, 3.63) is 48.0 Å². The lowest BCUT2D eigenvalue weighted by Crippen LogP contribution is -2.17. The Hall–Kier alpha value is -2.54. The van der Waals surface area contributed by atoms with Gasteiger partial charge in [0.25, 0.3) is 5.91 Å². The molecule has 0 aliphatic carbocycles. The molecule has 2 rings (SSSR count). The number of sulfone groups is 1. The van der Waals surface area contributed by atoms with Crippen LogP contribution in [0, 0.1) is 0 Å². The molecule has 0 aliphatic rings. The van der Waals surface area contributed by atoms with E-state index in [2.05, 4.69) is 5.32 Å². The molecule has 0 bridgehead atoms. The number of amides is 1. The number of nitrogens with one attached hydrogen (secondary N) is 1. The Labute approximate surface area is 166 Å². The van der Waals surface area contributed by atoms with Gasteiger partial charge in [0.05, 0.1) is 29.4 Å². The Balaban J connectivity index is 2.29. The minimum Gasteiger partial charge on any atom is -0.490 e. The van der Waals surface area contributed by atoms with Crippen LogP contribution >= 0.6 is 0 Å². The van der Waals surface area contributed by atoms with Gasteiger partial charge in [0.2, 0.25) is 0 Å². The smallest absolute Gasteiger partial charge is 0.256 e. The van der Waals surface area contributed by atoms with Crippen LogP contribution in [0.3, 0.4) is 0 Å². The molecular weight excluding hydrogens is 378 g/mol. The number of carbonyl (C=O) groups is 1. The van der Waals surface area contributed by atoms with Gasteiger partial charge in [0.1, 0.15) is 0 Å². The molecule has 0 saturated carbocycles. The van der Waals surface area contributed by atoms with Crippen LogP contribution in [0.25, 0.3) is 0 Å². The molecule has 6 nitrogen and oxygen atoms in total. The zero-order valence-corrected chi connectivity index (χ0v) is 17.3. The average Bonchev–Trinajstić information content (AvgIpc) is 2.71. The van der Waals surface area contributed by atoms with Gasteiger partial charge in [-0.15, -0.1) is 0 Å². The number of rotatable bonds is 10. The maximum Gasteiger partial charge on any atom is 0.256 e. The Kier molecular flexibility index (Phi) is 7.87. The van der Waals surface area contributed by atoms with Gasteiger partial charge in [-0.3, -0.25) is 4.79 Å². The number of hydrogen-bond acceptors (Lipinski definition) is 5. The fourth-order valence-electron chi connectivity index (χ4n) is 2.52. The zero-order chi connectivity index (χ0) is 20.6. The molecule has 0 heterocycles. The summed E-state index contributed by atoms with van der Waals surface area (Å²) < 4.78 is 36.0. The highest BCUT2D eigenvalue weighted by molar-refractivity contribution is 7.91. The van der Waals surface area contributed by atoms with Crippen LogP contribution in [0.1, 0.15) is 44.0 Å². The van der Waals surface area contributed by atoms with Gasteiger partial charge in [-0.05, 0) is 37.1 Å². The van der Waals surface area contributed by atoms with Crippen LogP contribution in [0.15, 0.2) is 47.4 Å². The molecule has 0 atom stereocenters. The first-order valence-electron chi connectivity index (χ1n) is 9.45. The Morgan fingerprint density at radius 3 is 2.21 bits per heavy atom. The highest BCUT2D eigenvalue weighted by atomic mass is 32.2. The summed E-state index contributed by atoms with van der Waals surface area (Å²) in [4.78, 5) is 12.8. The van der Waals surface area contributed by atoms with Gasteiger partial charge in [-0.25, -0.2) is 8.42 Å². The molecule has 7 heteroatoms. The number of benzene rings is 2. The third-order valence-electron chi connectivity index (χ3n) is 3.97. The summed E-state index contributed by atoms with van der Waals surface area (Å²) in [7, 11) is -3.51. The maximum absolute atomic E-state index is 12.7. The molecule has 28 heavy (non-hydrogen) atoms. The molecule has 0 radical (unpaired) electrons. The molecule has 0 spiro atoms. The predicted molar refractivity (Wildman–Crippen MR) is 110 cm³/mol. The molecule has 1 amide bonds. The Morgan fingerprint density at radius 2 is 1.57 bits per heavy atom. The van der Waals surface area contributed by atoms with Crippen LogP contribution in [-0.4, -0.2) is 33.3 Å². The second-order valence-electron chi connectivity index (χ2n) is 6.21. The summed E-state index contributed by atoms with van der Waals surface area (Å²) in [6, 6.07) is 11.3. The highest BCUT2D eigenvalue weighted by Crippen LogP contribution is 2.31. The molecule has 152 valence electrons. The lowest BCUT2D eigenvalue weighted by atomic mass is 10.2. The van der Waals surface area contributed by atoms with E-state index in [4.69, 9.17) is 9.47 Å². The highest BCUT2D eigenvalue weighted by Gasteiger charge is 2.21.